The van der Waals surface area contributed by atoms with Crippen LogP contribution in [-0.4, -0.2) is 30.1 Å². The molecule has 1 saturated heterocycles. The van der Waals surface area contributed by atoms with Crippen molar-refractivity contribution in [1.29, 1.82) is 0 Å². The van der Waals surface area contributed by atoms with E-state index in [0.717, 1.165) is 0 Å². The zero-order chi connectivity index (χ0) is 10.8. The quantitative estimate of drug-likeness (QED) is 0.387. The Bertz CT molecular complexity index is 235. The SMILES string of the molecule is CC(C)(C)OC(=O)CC(=O)C[C@H]1CO1. The Morgan fingerprint density at radius 2 is 2.00 bits per heavy atom. The monoisotopic (exact) mass is 200 g/mol. The number of carbonyl (C=O) groups is 2. The molecule has 0 spiro atoms. The molecule has 0 amide bonds. The second kappa shape index (κ2) is 4.09. The minimum absolute atomic E-state index is 0.0462. The summed E-state index contributed by atoms with van der Waals surface area (Å²) in [6.07, 6.45) is 0.237. The van der Waals surface area contributed by atoms with Crippen LogP contribution in [-0.2, 0) is 19.1 Å². The van der Waals surface area contributed by atoms with Gasteiger partial charge in [-0.3, -0.25) is 9.59 Å². The van der Waals surface area contributed by atoms with Crippen molar-refractivity contribution >= 4 is 11.8 Å². The van der Waals surface area contributed by atoms with Crippen LogP contribution in [0.2, 0.25) is 0 Å². The van der Waals surface area contributed by atoms with Gasteiger partial charge < -0.3 is 9.47 Å². The third-order valence-electron chi connectivity index (χ3n) is 1.62. The number of carbonyl (C=O) groups excluding carboxylic acids is 2. The highest BCUT2D eigenvalue weighted by Gasteiger charge is 2.27. The Morgan fingerprint density at radius 1 is 1.43 bits per heavy atom. The third kappa shape index (κ3) is 4.97. The van der Waals surface area contributed by atoms with Crippen LogP contribution in [0.4, 0.5) is 0 Å². The third-order valence-corrected chi connectivity index (χ3v) is 1.62. The summed E-state index contributed by atoms with van der Waals surface area (Å²) in [5.41, 5.74) is -0.520. The fourth-order valence-electron chi connectivity index (χ4n) is 1.05. The average Bonchev–Trinajstić information content (AvgIpc) is 2.64. The molecule has 0 saturated carbocycles. The molecule has 14 heavy (non-hydrogen) atoms. The standard InChI is InChI=1S/C10H16O4/c1-10(2,3)14-9(12)5-7(11)4-8-6-13-8/h8H,4-6H2,1-3H3/t8-/m0/s1. The Balaban J connectivity index is 2.21. The maximum atomic E-state index is 11.2. The first-order valence-electron chi connectivity index (χ1n) is 4.72. The predicted molar refractivity (Wildman–Crippen MR) is 49.8 cm³/mol. The highest BCUT2D eigenvalue weighted by molar-refractivity contribution is 5.95. The molecule has 0 radical (unpaired) electrons. The van der Waals surface area contributed by atoms with Crippen molar-refractivity contribution in [2.24, 2.45) is 0 Å². The summed E-state index contributed by atoms with van der Waals surface area (Å²) in [6, 6.07) is 0. The van der Waals surface area contributed by atoms with Crippen LogP contribution in [0.15, 0.2) is 0 Å². The van der Waals surface area contributed by atoms with E-state index in [2.05, 4.69) is 0 Å². The topological polar surface area (TPSA) is 55.9 Å². The van der Waals surface area contributed by atoms with Crippen molar-refractivity contribution in [3.05, 3.63) is 0 Å². The summed E-state index contributed by atoms with van der Waals surface area (Å²) in [5, 5.41) is 0. The fraction of sp³-hybridized carbons (Fsp3) is 0.800. The molecule has 1 fully saturated rings. The van der Waals surface area contributed by atoms with Gasteiger partial charge in [-0.05, 0) is 20.8 Å². The van der Waals surface area contributed by atoms with Crippen molar-refractivity contribution in [3.8, 4) is 0 Å². The molecule has 80 valence electrons. The first kappa shape index (κ1) is 11.2. The van der Waals surface area contributed by atoms with Gasteiger partial charge in [0.25, 0.3) is 0 Å². The lowest BCUT2D eigenvalue weighted by atomic mass is 10.1. The first-order valence-corrected chi connectivity index (χ1v) is 4.72. The Labute approximate surface area is 83.6 Å². The number of ether oxygens (including phenoxy) is 2. The summed E-state index contributed by atoms with van der Waals surface area (Å²) >= 11 is 0. The summed E-state index contributed by atoms with van der Waals surface area (Å²) in [4.78, 5) is 22.4. The lowest BCUT2D eigenvalue weighted by Crippen LogP contribution is -2.25. The molecule has 4 nitrogen and oxygen atoms in total. The lowest BCUT2D eigenvalue weighted by molar-refractivity contribution is -0.156. The lowest BCUT2D eigenvalue weighted by Gasteiger charge is -2.18. The molecule has 1 aliphatic rings. The zero-order valence-electron chi connectivity index (χ0n) is 8.83. The number of esters is 1. The van der Waals surface area contributed by atoms with E-state index in [1.165, 1.54) is 0 Å². The largest absolute Gasteiger partial charge is 0.460 e. The number of ketones is 1. The molecule has 0 aromatic heterocycles. The van der Waals surface area contributed by atoms with E-state index >= 15 is 0 Å². The van der Waals surface area contributed by atoms with Gasteiger partial charge >= 0.3 is 5.97 Å². The van der Waals surface area contributed by atoms with Crippen molar-refractivity contribution in [1.82, 2.24) is 0 Å². The predicted octanol–water partition coefficient (Wildman–Crippen LogP) is 1.08. The van der Waals surface area contributed by atoms with E-state index in [1.807, 2.05) is 0 Å². The van der Waals surface area contributed by atoms with E-state index in [0.29, 0.717) is 13.0 Å². The summed E-state index contributed by atoms with van der Waals surface area (Å²) < 4.78 is 9.90. The molecular formula is C10H16O4. The zero-order valence-corrected chi connectivity index (χ0v) is 8.83. The minimum Gasteiger partial charge on any atom is -0.460 e. The van der Waals surface area contributed by atoms with Crippen molar-refractivity contribution < 1.29 is 19.1 Å². The first-order chi connectivity index (χ1) is 6.37. The maximum absolute atomic E-state index is 11.2. The number of hydrogen-bond acceptors (Lipinski definition) is 4. The molecule has 0 bridgehead atoms. The Kier molecular flexibility index (Phi) is 3.26. The minimum atomic E-state index is -0.520. The van der Waals surface area contributed by atoms with Crippen LogP contribution in [0.5, 0.6) is 0 Å². The number of hydrogen-bond donors (Lipinski definition) is 0. The van der Waals surface area contributed by atoms with Crippen LogP contribution in [0, 0.1) is 0 Å². The molecule has 0 aromatic rings. The van der Waals surface area contributed by atoms with Crippen LogP contribution in [0.3, 0.4) is 0 Å². The molecule has 0 N–H and O–H groups in total. The fourth-order valence-corrected chi connectivity index (χ4v) is 1.05. The van der Waals surface area contributed by atoms with Crippen LogP contribution < -0.4 is 0 Å². The highest BCUT2D eigenvalue weighted by Crippen LogP contribution is 2.15. The molecule has 1 aliphatic heterocycles. The van der Waals surface area contributed by atoms with E-state index in [1.54, 1.807) is 20.8 Å². The van der Waals surface area contributed by atoms with Gasteiger partial charge in [0, 0.05) is 6.42 Å². The second-order valence-corrected chi connectivity index (χ2v) is 4.46. The van der Waals surface area contributed by atoms with Gasteiger partial charge in [-0.2, -0.15) is 0 Å². The second-order valence-electron chi connectivity index (χ2n) is 4.46. The highest BCUT2D eigenvalue weighted by atomic mass is 16.6. The number of Topliss-reactive ketones (excluding diaryl/α,β-unsaturated/α-hetero) is 1. The van der Waals surface area contributed by atoms with Crippen LogP contribution in [0.1, 0.15) is 33.6 Å². The smallest absolute Gasteiger partial charge is 0.313 e. The number of epoxide rings is 1. The molecule has 1 heterocycles. The summed E-state index contributed by atoms with van der Waals surface area (Å²) in [7, 11) is 0. The molecular weight excluding hydrogens is 184 g/mol. The van der Waals surface area contributed by atoms with Gasteiger partial charge in [-0.25, -0.2) is 0 Å². The van der Waals surface area contributed by atoms with Gasteiger partial charge in [0.05, 0.1) is 12.7 Å². The van der Waals surface area contributed by atoms with Gasteiger partial charge in [0.15, 0.2) is 0 Å². The van der Waals surface area contributed by atoms with Gasteiger partial charge in [0.1, 0.15) is 17.8 Å². The molecule has 0 aromatic carbocycles. The van der Waals surface area contributed by atoms with Crippen molar-refractivity contribution in [2.75, 3.05) is 6.61 Å². The molecule has 0 aliphatic carbocycles. The van der Waals surface area contributed by atoms with Gasteiger partial charge in [-0.15, -0.1) is 0 Å². The molecule has 4 heteroatoms. The van der Waals surface area contributed by atoms with Crippen molar-refractivity contribution in [3.63, 3.8) is 0 Å². The average molecular weight is 200 g/mol. The van der Waals surface area contributed by atoms with Gasteiger partial charge in [0.2, 0.25) is 0 Å². The summed E-state index contributed by atoms with van der Waals surface area (Å²) in [5.74, 6) is -0.565. The Hall–Kier alpha value is -0.900. The molecule has 0 unspecified atom stereocenters. The Morgan fingerprint density at radius 3 is 2.43 bits per heavy atom. The van der Waals surface area contributed by atoms with Gasteiger partial charge in [-0.1, -0.05) is 0 Å². The molecule has 1 rings (SSSR count). The van der Waals surface area contributed by atoms with E-state index in [9.17, 15) is 9.59 Å². The summed E-state index contributed by atoms with van der Waals surface area (Å²) in [6.45, 7) is 5.97. The maximum Gasteiger partial charge on any atom is 0.313 e. The van der Waals surface area contributed by atoms with Crippen LogP contribution >= 0.6 is 0 Å². The van der Waals surface area contributed by atoms with E-state index < -0.39 is 11.6 Å². The van der Waals surface area contributed by atoms with Crippen LogP contribution in [0.25, 0.3) is 0 Å². The normalized spacial score (nSPS) is 20.4. The van der Waals surface area contributed by atoms with E-state index in [4.69, 9.17) is 9.47 Å². The van der Waals surface area contributed by atoms with Crippen molar-refractivity contribution in [2.45, 2.75) is 45.3 Å². The number of rotatable bonds is 4. The van der Waals surface area contributed by atoms with E-state index in [-0.39, 0.29) is 18.3 Å². The molecule has 1 atom stereocenters.